The molecular weight excluding hydrogens is 294 g/mol. The number of rotatable bonds is 5. The van der Waals surface area contributed by atoms with Crippen LogP contribution in [0, 0.1) is 0 Å². The third-order valence-electron chi connectivity index (χ3n) is 2.80. The van der Waals surface area contributed by atoms with Crippen LogP contribution in [-0.2, 0) is 19.4 Å². The van der Waals surface area contributed by atoms with Gasteiger partial charge in [0.1, 0.15) is 5.75 Å². The van der Waals surface area contributed by atoms with Crippen molar-refractivity contribution in [3.63, 3.8) is 0 Å². The molecule has 96 valence electrons. The van der Waals surface area contributed by atoms with Crippen molar-refractivity contribution in [1.29, 1.82) is 0 Å². The van der Waals surface area contributed by atoms with E-state index >= 15 is 0 Å². The Kier molecular flexibility index (Phi) is 4.36. The van der Waals surface area contributed by atoms with Gasteiger partial charge in [-0.1, -0.05) is 21.1 Å². The molecule has 0 amide bonds. The summed E-state index contributed by atoms with van der Waals surface area (Å²) in [6, 6.07) is 6.04. The van der Waals surface area contributed by atoms with Crippen LogP contribution in [0.5, 0.6) is 5.75 Å². The van der Waals surface area contributed by atoms with Crippen molar-refractivity contribution in [2.24, 2.45) is 0 Å². The second-order valence-electron chi connectivity index (χ2n) is 4.02. The normalized spacial score (nSPS) is 10.6. The van der Waals surface area contributed by atoms with Gasteiger partial charge in [0.15, 0.2) is 0 Å². The van der Waals surface area contributed by atoms with E-state index in [1.165, 1.54) is 5.56 Å². The van der Waals surface area contributed by atoms with Crippen LogP contribution in [-0.4, -0.2) is 22.1 Å². The maximum Gasteiger partial charge on any atom is 0.122 e. The lowest BCUT2D eigenvalue weighted by Gasteiger charge is -2.07. The fraction of sp³-hybridized carbons (Fsp3) is 0.385. The molecule has 0 aliphatic heterocycles. The van der Waals surface area contributed by atoms with Crippen LogP contribution in [0.4, 0.5) is 0 Å². The monoisotopic (exact) mass is 309 g/mol. The first-order valence-electron chi connectivity index (χ1n) is 5.94. The summed E-state index contributed by atoms with van der Waals surface area (Å²) >= 11 is 3.48. The van der Waals surface area contributed by atoms with Gasteiger partial charge in [-0.15, -0.1) is 5.10 Å². The van der Waals surface area contributed by atoms with Gasteiger partial charge in [-0.25, -0.2) is 0 Å². The van der Waals surface area contributed by atoms with Crippen LogP contribution in [0.15, 0.2) is 28.9 Å². The van der Waals surface area contributed by atoms with E-state index in [0.717, 1.165) is 35.3 Å². The second-order valence-corrected chi connectivity index (χ2v) is 4.94. The lowest BCUT2D eigenvalue weighted by Crippen LogP contribution is -1.96. The molecule has 0 aliphatic carbocycles. The molecule has 2 aromatic rings. The fourth-order valence-electron chi connectivity index (χ4n) is 1.81. The molecule has 18 heavy (non-hydrogen) atoms. The summed E-state index contributed by atoms with van der Waals surface area (Å²) in [4.78, 5) is 0. The Hall–Kier alpha value is -1.36. The molecule has 4 nitrogen and oxygen atoms in total. The molecular formula is C13H16BrN3O. The topological polar surface area (TPSA) is 39.9 Å². The quantitative estimate of drug-likeness (QED) is 0.852. The largest absolute Gasteiger partial charge is 0.496 e. The Balaban J connectivity index is 2.07. The number of nitrogens with zero attached hydrogens (tertiary/aromatic N) is 3. The van der Waals surface area contributed by atoms with Crippen molar-refractivity contribution in [2.75, 3.05) is 7.11 Å². The van der Waals surface area contributed by atoms with Gasteiger partial charge in [0, 0.05) is 17.2 Å². The van der Waals surface area contributed by atoms with Gasteiger partial charge in [-0.3, -0.25) is 4.68 Å². The number of aryl methyl sites for hydroxylation is 3. The van der Waals surface area contributed by atoms with Crippen LogP contribution in [0.25, 0.3) is 0 Å². The molecule has 0 fully saturated rings. The highest BCUT2D eigenvalue weighted by Gasteiger charge is 2.06. The minimum Gasteiger partial charge on any atom is -0.496 e. The predicted octanol–water partition coefficient (Wildman–Crippen LogP) is 2.85. The van der Waals surface area contributed by atoms with E-state index in [-0.39, 0.29) is 0 Å². The molecule has 0 bridgehead atoms. The molecule has 5 heteroatoms. The third kappa shape index (κ3) is 3.10. The lowest BCUT2D eigenvalue weighted by atomic mass is 10.1. The standard InChI is InChI=1S/C13H16BrN3O/c1-3-17-9-12(15-16-17)6-4-10-8-11(14)5-7-13(10)18-2/h5,7-9H,3-4,6H2,1-2H3. The Bertz CT molecular complexity index is 525. The van der Waals surface area contributed by atoms with Gasteiger partial charge < -0.3 is 4.74 Å². The minimum absolute atomic E-state index is 0.854. The van der Waals surface area contributed by atoms with E-state index < -0.39 is 0 Å². The fourth-order valence-corrected chi connectivity index (χ4v) is 2.22. The molecule has 0 radical (unpaired) electrons. The first kappa shape index (κ1) is 13.1. The maximum atomic E-state index is 5.35. The molecule has 1 aromatic carbocycles. The van der Waals surface area contributed by atoms with Crippen molar-refractivity contribution >= 4 is 15.9 Å². The van der Waals surface area contributed by atoms with E-state index in [1.807, 2.05) is 23.0 Å². The molecule has 0 saturated carbocycles. The Labute approximate surface area is 115 Å². The highest BCUT2D eigenvalue weighted by molar-refractivity contribution is 9.10. The van der Waals surface area contributed by atoms with E-state index in [4.69, 9.17) is 4.74 Å². The lowest BCUT2D eigenvalue weighted by molar-refractivity contribution is 0.409. The average molecular weight is 310 g/mol. The van der Waals surface area contributed by atoms with Crippen LogP contribution >= 0.6 is 15.9 Å². The zero-order valence-electron chi connectivity index (χ0n) is 10.6. The van der Waals surface area contributed by atoms with Crippen LogP contribution in [0.1, 0.15) is 18.2 Å². The van der Waals surface area contributed by atoms with Crippen molar-refractivity contribution in [1.82, 2.24) is 15.0 Å². The SMILES string of the molecule is CCn1cc(CCc2cc(Br)ccc2OC)nn1. The number of hydrogen-bond donors (Lipinski definition) is 0. The number of ether oxygens (including phenoxy) is 1. The molecule has 0 aliphatic rings. The molecule has 0 atom stereocenters. The first-order valence-corrected chi connectivity index (χ1v) is 6.73. The van der Waals surface area contributed by atoms with Gasteiger partial charge >= 0.3 is 0 Å². The molecule has 2 rings (SSSR count). The summed E-state index contributed by atoms with van der Waals surface area (Å²) in [5.74, 6) is 0.918. The molecule has 0 unspecified atom stereocenters. The molecule has 0 saturated heterocycles. The third-order valence-corrected chi connectivity index (χ3v) is 3.30. The number of benzene rings is 1. The number of methoxy groups -OCH3 is 1. The van der Waals surface area contributed by atoms with E-state index in [1.54, 1.807) is 7.11 Å². The van der Waals surface area contributed by atoms with Gasteiger partial charge in [-0.05, 0) is 43.5 Å². The number of hydrogen-bond acceptors (Lipinski definition) is 3. The van der Waals surface area contributed by atoms with Crippen LogP contribution in [0.2, 0.25) is 0 Å². The summed E-state index contributed by atoms with van der Waals surface area (Å²) in [6.07, 6.45) is 3.75. The van der Waals surface area contributed by atoms with Gasteiger partial charge in [-0.2, -0.15) is 0 Å². The predicted molar refractivity (Wildman–Crippen MR) is 73.8 cm³/mol. The van der Waals surface area contributed by atoms with Crippen molar-refractivity contribution < 1.29 is 4.74 Å². The average Bonchev–Trinajstić information content (AvgIpc) is 2.84. The van der Waals surface area contributed by atoms with Gasteiger partial charge in [0.25, 0.3) is 0 Å². The summed E-state index contributed by atoms with van der Waals surface area (Å²) in [6.45, 7) is 2.91. The van der Waals surface area contributed by atoms with Crippen molar-refractivity contribution in [2.45, 2.75) is 26.3 Å². The number of aromatic nitrogens is 3. The summed E-state index contributed by atoms with van der Waals surface area (Å²) in [7, 11) is 1.69. The zero-order chi connectivity index (χ0) is 13.0. The Morgan fingerprint density at radius 3 is 2.83 bits per heavy atom. The summed E-state index contributed by atoms with van der Waals surface area (Å²) in [5.41, 5.74) is 2.19. The summed E-state index contributed by atoms with van der Waals surface area (Å²) < 4.78 is 8.26. The van der Waals surface area contributed by atoms with Crippen LogP contribution in [0.3, 0.4) is 0 Å². The van der Waals surface area contributed by atoms with E-state index in [0.29, 0.717) is 0 Å². The highest BCUT2D eigenvalue weighted by Crippen LogP contribution is 2.24. The smallest absolute Gasteiger partial charge is 0.122 e. The van der Waals surface area contributed by atoms with Gasteiger partial charge in [0.05, 0.1) is 12.8 Å². The van der Waals surface area contributed by atoms with Crippen molar-refractivity contribution in [3.8, 4) is 5.75 Å². The Morgan fingerprint density at radius 2 is 2.17 bits per heavy atom. The molecule has 0 spiro atoms. The van der Waals surface area contributed by atoms with E-state index in [9.17, 15) is 0 Å². The van der Waals surface area contributed by atoms with Crippen LogP contribution < -0.4 is 4.74 Å². The number of halogens is 1. The zero-order valence-corrected chi connectivity index (χ0v) is 12.1. The molecule has 0 N–H and O–H groups in total. The maximum absolute atomic E-state index is 5.35. The van der Waals surface area contributed by atoms with E-state index in [2.05, 4.69) is 39.2 Å². The molecule has 1 aromatic heterocycles. The van der Waals surface area contributed by atoms with Crippen molar-refractivity contribution in [3.05, 3.63) is 40.1 Å². The first-order chi connectivity index (χ1) is 8.72. The highest BCUT2D eigenvalue weighted by atomic mass is 79.9. The summed E-state index contributed by atoms with van der Waals surface area (Å²) in [5, 5.41) is 8.17. The van der Waals surface area contributed by atoms with Gasteiger partial charge in [0.2, 0.25) is 0 Å². The minimum atomic E-state index is 0.854. The Morgan fingerprint density at radius 1 is 1.33 bits per heavy atom. The molecule has 1 heterocycles. The second kappa shape index (κ2) is 6.00.